The summed E-state index contributed by atoms with van der Waals surface area (Å²) in [4.78, 5) is 11.8. The van der Waals surface area contributed by atoms with E-state index in [0.717, 1.165) is 18.9 Å². The fourth-order valence-corrected chi connectivity index (χ4v) is 2.05. The molecule has 19 heavy (non-hydrogen) atoms. The van der Waals surface area contributed by atoms with Gasteiger partial charge in [-0.1, -0.05) is 26.7 Å². The number of phenols is 1. The topological polar surface area (TPSA) is 75.3 Å². The lowest BCUT2D eigenvalue weighted by molar-refractivity contribution is 0.0944. The first-order valence-electron chi connectivity index (χ1n) is 6.51. The highest BCUT2D eigenvalue weighted by Gasteiger charge is 2.17. The van der Waals surface area contributed by atoms with Crippen LogP contribution in [0, 0.1) is 11.7 Å². The third-order valence-corrected chi connectivity index (χ3v) is 3.35. The summed E-state index contributed by atoms with van der Waals surface area (Å²) in [6, 6.07) is 3.30. The molecule has 0 heterocycles. The molecule has 0 saturated carbocycles. The van der Waals surface area contributed by atoms with Gasteiger partial charge in [0.25, 0.3) is 5.91 Å². The molecule has 0 spiro atoms. The first-order chi connectivity index (χ1) is 8.99. The normalized spacial score (nSPS) is 12.5. The summed E-state index contributed by atoms with van der Waals surface area (Å²) in [5.41, 5.74) is 5.89. The number of hydrogen-bond donors (Lipinski definition) is 3. The zero-order chi connectivity index (χ0) is 14.4. The molecule has 0 aromatic heterocycles. The third kappa shape index (κ3) is 4.21. The van der Waals surface area contributed by atoms with Gasteiger partial charge in [-0.05, 0) is 18.1 Å². The fraction of sp³-hybridized carbons (Fsp3) is 0.500. The monoisotopic (exact) mass is 268 g/mol. The van der Waals surface area contributed by atoms with Gasteiger partial charge >= 0.3 is 0 Å². The number of nitrogens with one attached hydrogen (secondary N) is 1. The van der Waals surface area contributed by atoms with E-state index in [1.165, 1.54) is 12.1 Å². The van der Waals surface area contributed by atoms with Gasteiger partial charge in [-0.3, -0.25) is 4.79 Å². The van der Waals surface area contributed by atoms with Crippen LogP contribution in [0.1, 0.15) is 37.0 Å². The molecule has 0 bridgehead atoms. The van der Waals surface area contributed by atoms with Crippen LogP contribution in [0.2, 0.25) is 0 Å². The molecule has 1 rings (SSSR count). The number of carbonyl (C=O) groups is 1. The Kier molecular flexibility index (Phi) is 5.76. The van der Waals surface area contributed by atoms with Crippen LogP contribution in [0.25, 0.3) is 0 Å². The maximum Gasteiger partial charge on any atom is 0.254 e. The predicted molar refractivity (Wildman–Crippen MR) is 72.4 cm³/mol. The highest BCUT2D eigenvalue weighted by molar-refractivity contribution is 5.94. The molecular formula is C14H21FN2O2. The van der Waals surface area contributed by atoms with E-state index in [2.05, 4.69) is 19.2 Å². The van der Waals surface area contributed by atoms with Crippen LogP contribution in [0.3, 0.4) is 0 Å². The Labute approximate surface area is 112 Å². The van der Waals surface area contributed by atoms with Crippen LogP contribution < -0.4 is 11.1 Å². The first kappa shape index (κ1) is 15.4. The molecule has 0 radical (unpaired) electrons. The highest BCUT2D eigenvalue weighted by Crippen LogP contribution is 2.15. The van der Waals surface area contributed by atoms with E-state index in [9.17, 15) is 9.18 Å². The number of aromatic hydroxyl groups is 1. The SMILES string of the molecule is CCC(CC)C(N)CNC(=O)c1ccc(O)cc1F. The lowest BCUT2D eigenvalue weighted by Crippen LogP contribution is -2.42. The Bertz CT molecular complexity index is 433. The van der Waals surface area contributed by atoms with E-state index in [-0.39, 0.29) is 17.4 Å². The van der Waals surface area contributed by atoms with Crippen LogP contribution in [-0.2, 0) is 0 Å². The molecule has 4 nitrogen and oxygen atoms in total. The van der Waals surface area contributed by atoms with Gasteiger partial charge in [0.2, 0.25) is 0 Å². The van der Waals surface area contributed by atoms with Crippen molar-refractivity contribution in [1.29, 1.82) is 0 Å². The first-order valence-corrected chi connectivity index (χ1v) is 6.51. The predicted octanol–water partition coefficient (Wildman–Crippen LogP) is 2.02. The van der Waals surface area contributed by atoms with E-state index in [0.29, 0.717) is 12.5 Å². The number of amides is 1. The Morgan fingerprint density at radius 2 is 2.05 bits per heavy atom. The number of phenolic OH excluding ortho intramolecular Hbond substituents is 1. The van der Waals surface area contributed by atoms with Crippen molar-refractivity contribution in [3.8, 4) is 5.75 Å². The average Bonchev–Trinajstić information content (AvgIpc) is 2.37. The van der Waals surface area contributed by atoms with Crippen molar-refractivity contribution in [2.75, 3.05) is 6.54 Å². The summed E-state index contributed by atoms with van der Waals surface area (Å²) in [6.07, 6.45) is 1.89. The Morgan fingerprint density at radius 3 is 2.58 bits per heavy atom. The summed E-state index contributed by atoms with van der Waals surface area (Å²) in [7, 11) is 0. The molecule has 106 valence electrons. The minimum atomic E-state index is -0.742. The lowest BCUT2D eigenvalue weighted by atomic mass is 9.95. The second-order valence-electron chi connectivity index (χ2n) is 4.61. The molecule has 0 aliphatic carbocycles. The molecule has 0 fully saturated rings. The van der Waals surface area contributed by atoms with E-state index in [1.54, 1.807) is 0 Å². The van der Waals surface area contributed by atoms with Crippen molar-refractivity contribution in [2.24, 2.45) is 11.7 Å². The van der Waals surface area contributed by atoms with Crippen LogP contribution >= 0.6 is 0 Å². The molecule has 0 aliphatic rings. The van der Waals surface area contributed by atoms with Crippen molar-refractivity contribution in [3.05, 3.63) is 29.6 Å². The zero-order valence-electron chi connectivity index (χ0n) is 11.3. The van der Waals surface area contributed by atoms with Gasteiger partial charge < -0.3 is 16.2 Å². The van der Waals surface area contributed by atoms with Gasteiger partial charge in [-0.25, -0.2) is 4.39 Å². The van der Waals surface area contributed by atoms with Crippen LogP contribution in [-0.4, -0.2) is 23.6 Å². The molecule has 1 aromatic rings. The number of halogens is 1. The third-order valence-electron chi connectivity index (χ3n) is 3.35. The largest absolute Gasteiger partial charge is 0.508 e. The smallest absolute Gasteiger partial charge is 0.254 e. The van der Waals surface area contributed by atoms with E-state index < -0.39 is 11.7 Å². The minimum Gasteiger partial charge on any atom is -0.508 e. The summed E-state index contributed by atoms with van der Waals surface area (Å²) >= 11 is 0. The molecule has 5 heteroatoms. The van der Waals surface area contributed by atoms with Crippen molar-refractivity contribution in [2.45, 2.75) is 32.7 Å². The summed E-state index contributed by atoms with van der Waals surface area (Å²) in [5, 5.41) is 11.7. The molecular weight excluding hydrogens is 247 g/mol. The van der Waals surface area contributed by atoms with E-state index in [1.807, 2.05) is 0 Å². The van der Waals surface area contributed by atoms with Crippen LogP contribution in [0.4, 0.5) is 4.39 Å². The van der Waals surface area contributed by atoms with E-state index >= 15 is 0 Å². The summed E-state index contributed by atoms with van der Waals surface area (Å²) < 4.78 is 13.5. The van der Waals surface area contributed by atoms with Crippen LogP contribution in [0.5, 0.6) is 5.75 Å². The number of rotatable bonds is 6. The molecule has 1 aromatic carbocycles. The standard InChI is InChI=1S/C14H21FN2O2/c1-3-9(4-2)13(16)8-17-14(19)11-6-5-10(18)7-12(11)15/h5-7,9,13,18H,3-4,8,16H2,1-2H3,(H,17,19). The van der Waals surface area contributed by atoms with Gasteiger partial charge in [0, 0.05) is 18.7 Å². The van der Waals surface area contributed by atoms with Gasteiger partial charge in [-0.15, -0.1) is 0 Å². The van der Waals surface area contributed by atoms with Crippen LogP contribution in [0.15, 0.2) is 18.2 Å². The van der Waals surface area contributed by atoms with Crippen molar-refractivity contribution >= 4 is 5.91 Å². The lowest BCUT2D eigenvalue weighted by Gasteiger charge is -2.21. The minimum absolute atomic E-state index is 0.0884. The molecule has 0 aliphatic heterocycles. The van der Waals surface area contributed by atoms with Crippen molar-refractivity contribution in [1.82, 2.24) is 5.32 Å². The molecule has 1 unspecified atom stereocenters. The molecule has 1 atom stereocenters. The second-order valence-corrected chi connectivity index (χ2v) is 4.61. The average molecular weight is 268 g/mol. The number of carbonyl (C=O) groups excluding carboxylic acids is 1. The second kappa shape index (κ2) is 7.09. The van der Waals surface area contributed by atoms with E-state index in [4.69, 9.17) is 10.8 Å². The Balaban J connectivity index is 2.60. The molecule has 4 N–H and O–H groups in total. The van der Waals surface area contributed by atoms with Crippen molar-refractivity contribution in [3.63, 3.8) is 0 Å². The van der Waals surface area contributed by atoms with Gasteiger partial charge in [-0.2, -0.15) is 0 Å². The zero-order valence-corrected chi connectivity index (χ0v) is 11.3. The number of benzene rings is 1. The maximum atomic E-state index is 13.5. The Hall–Kier alpha value is -1.62. The molecule has 0 saturated heterocycles. The maximum absolute atomic E-state index is 13.5. The van der Waals surface area contributed by atoms with Gasteiger partial charge in [0.05, 0.1) is 5.56 Å². The van der Waals surface area contributed by atoms with Crippen molar-refractivity contribution < 1.29 is 14.3 Å². The summed E-state index contributed by atoms with van der Waals surface area (Å²) in [6.45, 7) is 4.41. The quantitative estimate of drug-likeness (QED) is 0.739. The number of nitrogens with two attached hydrogens (primary N) is 1. The number of hydrogen-bond acceptors (Lipinski definition) is 3. The summed E-state index contributed by atoms with van der Waals surface area (Å²) in [5.74, 6) is -1.12. The van der Waals surface area contributed by atoms with Gasteiger partial charge in [0.1, 0.15) is 11.6 Å². The van der Waals surface area contributed by atoms with Gasteiger partial charge in [0.15, 0.2) is 0 Å². The highest BCUT2D eigenvalue weighted by atomic mass is 19.1. The Morgan fingerprint density at radius 1 is 1.42 bits per heavy atom. The molecule has 1 amide bonds. The fourth-order valence-electron chi connectivity index (χ4n) is 2.05.